The molecule has 7 heteroatoms. The number of nitrogens with zero attached hydrogens (tertiary/aromatic N) is 4. The van der Waals surface area contributed by atoms with Crippen molar-refractivity contribution in [1.82, 2.24) is 25.4 Å². The van der Waals surface area contributed by atoms with Crippen LogP contribution in [0.15, 0.2) is 34.4 Å². The second kappa shape index (κ2) is 11.2. The molecule has 0 unspecified atom stereocenters. The summed E-state index contributed by atoms with van der Waals surface area (Å²) in [5.74, 6) is 2.00. The zero-order valence-electron chi connectivity index (χ0n) is 17.9. The normalized spacial score (nSPS) is 15.1. The number of hydrogen-bond donors (Lipinski definition) is 2. The van der Waals surface area contributed by atoms with Gasteiger partial charge in [-0.15, -0.1) is 10.2 Å². The van der Waals surface area contributed by atoms with Crippen molar-refractivity contribution in [2.45, 2.75) is 70.1 Å². The van der Waals surface area contributed by atoms with Gasteiger partial charge in [-0.05, 0) is 50.5 Å². The van der Waals surface area contributed by atoms with Crippen LogP contribution in [0.4, 0.5) is 0 Å². The van der Waals surface area contributed by atoms with Crippen LogP contribution in [0.2, 0.25) is 0 Å². The molecular formula is C22H34N6S. The summed E-state index contributed by atoms with van der Waals surface area (Å²) in [7, 11) is 0. The summed E-state index contributed by atoms with van der Waals surface area (Å²) in [6.07, 6.45) is 9.19. The van der Waals surface area contributed by atoms with Gasteiger partial charge in [0.2, 0.25) is 0 Å². The van der Waals surface area contributed by atoms with Gasteiger partial charge >= 0.3 is 0 Å². The number of hydrogen-bond acceptors (Lipinski definition) is 4. The van der Waals surface area contributed by atoms with Gasteiger partial charge in [-0.3, -0.25) is 0 Å². The van der Waals surface area contributed by atoms with E-state index in [-0.39, 0.29) is 0 Å². The summed E-state index contributed by atoms with van der Waals surface area (Å²) >= 11 is 1.70. The Morgan fingerprint density at radius 2 is 2.00 bits per heavy atom. The smallest absolute Gasteiger partial charge is 0.191 e. The van der Waals surface area contributed by atoms with Crippen molar-refractivity contribution in [1.29, 1.82) is 0 Å². The zero-order valence-corrected chi connectivity index (χ0v) is 18.8. The van der Waals surface area contributed by atoms with Crippen LogP contribution in [0, 0.1) is 6.92 Å². The standard InChI is InChI=1S/C22H34N6S/c1-4-23-21(25-16-18-11-6-5-10-17(18)2)24-15-9-14-20-26-27-22(29-3)28(20)19-12-7-8-13-19/h5-6,10-11,19H,4,7-9,12-16H2,1-3H3,(H2,23,24,25). The van der Waals surface area contributed by atoms with Crippen LogP contribution in [0.25, 0.3) is 0 Å². The molecule has 0 spiro atoms. The lowest BCUT2D eigenvalue weighted by Crippen LogP contribution is -2.38. The first-order valence-electron chi connectivity index (χ1n) is 10.8. The first-order valence-corrected chi connectivity index (χ1v) is 12.0. The average Bonchev–Trinajstić information content (AvgIpc) is 3.39. The van der Waals surface area contributed by atoms with E-state index in [2.05, 4.69) is 69.8 Å². The summed E-state index contributed by atoms with van der Waals surface area (Å²) in [5, 5.41) is 16.8. The van der Waals surface area contributed by atoms with Gasteiger partial charge < -0.3 is 15.2 Å². The van der Waals surface area contributed by atoms with Crippen LogP contribution in [0.1, 0.15) is 62.0 Å². The monoisotopic (exact) mass is 414 g/mol. The molecule has 0 bridgehead atoms. The Labute approximate surface area is 179 Å². The largest absolute Gasteiger partial charge is 0.357 e. The van der Waals surface area contributed by atoms with E-state index in [0.29, 0.717) is 12.6 Å². The summed E-state index contributed by atoms with van der Waals surface area (Å²) in [6.45, 7) is 6.64. The molecule has 1 aliphatic carbocycles. The van der Waals surface area contributed by atoms with E-state index in [9.17, 15) is 0 Å². The van der Waals surface area contributed by atoms with Crippen LogP contribution in [-0.2, 0) is 13.0 Å². The third-order valence-corrected chi connectivity index (χ3v) is 6.13. The molecule has 6 nitrogen and oxygen atoms in total. The maximum atomic E-state index is 4.74. The second-order valence-electron chi connectivity index (χ2n) is 7.56. The first-order chi connectivity index (χ1) is 14.2. The number of guanidine groups is 1. The summed E-state index contributed by atoms with van der Waals surface area (Å²) < 4.78 is 2.40. The Kier molecular flexibility index (Phi) is 8.40. The van der Waals surface area contributed by atoms with Crippen molar-refractivity contribution in [3.63, 3.8) is 0 Å². The molecule has 0 amide bonds. The van der Waals surface area contributed by atoms with Gasteiger partial charge in [0, 0.05) is 25.6 Å². The highest BCUT2D eigenvalue weighted by atomic mass is 32.2. The Hall–Kier alpha value is -2.02. The van der Waals surface area contributed by atoms with Crippen LogP contribution in [0.5, 0.6) is 0 Å². The van der Waals surface area contributed by atoms with E-state index in [1.165, 1.54) is 36.8 Å². The fraction of sp³-hybridized carbons (Fsp3) is 0.591. The zero-order chi connectivity index (χ0) is 20.5. The molecule has 1 saturated carbocycles. The van der Waals surface area contributed by atoms with Crippen molar-refractivity contribution >= 4 is 17.7 Å². The van der Waals surface area contributed by atoms with Gasteiger partial charge in [0.1, 0.15) is 5.82 Å². The van der Waals surface area contributed by atoms with Gasteiger partial charge in [-0.25, -0.2) is 4.99 Å². The number of aryl methyl sites for hydroxylation is 2. The van der Waals surface area contributed by atoms with Gasteiger partial charge in [-0.2, -0.15) is 0 Å². The molecule has 1 aromatic heterocycles. The highest BCUT2D eigenvalue weighted by Crippen LogP contribution is 2.33. The molecule has 2 aromatic rings. The third-order valence-electron chi connectivity index (χ3n) is 5.49. The second-order valence-corrected chi connectivity index (χ2v) is 8.34. The summed E-state index contributed by atoms with van der Waals surface area (Å²) in [6, 6.07) is 9.00. The fourth-order valence-electron chi connectivity index (χ4n) is 3.89. The van der Waals surface area contributed by atoms with Gasteiger partial charge in [0.25, 0.3) is 0 Å². The average molecular weight is 415 g/mol. The minimum atomic E-state index is 0.586. The molecule has 1 aliphatic rings. The van der Waals surface area contributed by atoms with Crippen molar-refractivity contribution in [2.75, 3.05) is 19.3 Å². The molecule has 0 radical (unpaired) electrons. The van der Waals surface area contributed by atoms with E-state index < -0.39 is 0 Å². The molecule has 0 aliphatic heterocycles. The van der Waals surface area contributed by atoms with E-state index in [4.69, 9.17) is 4.99 Å². The summed E-state index contributed by atoms with van der Waals surface area (Å²) in [4.78, 5) is 4.74. The number of nitrogens with one attached hydrogen (secondary N) is 2. The lowest BCUT2D eigenvalue weighted by molar-refractivity contribution is 0.460. The summed E-state index contributed by atoms with van der Waals surface area (Å²) in [5.41, 5.74) is 2.54. The van der Waals surface area contributed by atoms with Crippen LogP contribution in [0.3, 0.4) is 0 Å². The minimum Gasteiger partial charge on any atom is -0.357 e. The number of thioether (sulfide) groups is 1. The topological polar surface area (TPSA) is 67.1 Å². The highest BCUT2D eigenvalue weighted by molar-refractivity contribution is 7.98. The SMILES string of the molecule is CCNC(=NCc1ccccc1C)NCCCc1nnc(SC)n1C1CCCC1. The number of rotatable bonds is 9. The molecule has 0 saturated heterocycles. The Bertz CT molecular complexity index is 794. The maximum absolute atomic E-state index is 4.74. The first kappa shape index (κ1) is 21.7. The van der Waals surface area contributed by atoms with E-state index in [0.717, 1.165) is 42.9 Å². The van der Waals surface area contributed by atoms with Gasteiger partial charge in [0.15, 0.2) is 11.1 Å². The van der Waals surface area contributed by atoms with Gasteiger partial charge in [0.05, 0.1) is 6.54 Å². The van der Waals surface area contributed by atoms with Crippen molar-refractivity contribution in [2.24, 2.45) is 4.99 Å². The molecule has 1 heterocycles. The number of aromatic nitrogens is 3. The lowest BCUT2D eigenvalue weighted by atomic mass is 10.1. The Morgan fingerprint density at radius 1 is 1.21 bits per heavy atom. The minimum absolute atomic E-state index is 0.586. The number of benzene rings is 1. The lowest BCUT2D eigenvalue weighted by Gasteiger charge is -2.16. The molecule has 0 atom stereocenters. The quantitative estimate of drug-likeness (QED) is 0.280. The van der Waals surface area contributed by atoms with Crippen molar-refractivity contribution in [3.05, 3.63) is 41.2 Å². The molecule has 2 N–H and O–H groups in total. The van der Waals surface area contributed by atoms with Gasteiger partial charge in [-0.1, -0.05) is 48.9 Å². The van der Waals surface area contributed by atoms with Crippen molar-refractivity contribution < 1.29 is 0 Å². The Morgan fingerprint density at radius 3 is 2.72 bits per heavy atom. The molecule has 1 fully saturated rings. The maximum Gasteiger partial charge on any atom is 0.191 e. The predicted molar refractivity (Wildman–Crippen MR) is 122 cm³/mol. The van der Waals surface area contributed by atoms with Crippen LogP contribution >= 0.6 is 11.8 Å². The van der Waals surface area contributed by atoms with Crippen molar-refractivity contribution in [3.8, 4) is 0 Å². The predicted octanol–water partition coefficient (Wildman–Crippen LogP) is 4.11. The molecule has 1 aromatic carbocycles. The van der Waals surface area contributed by atoms with Crippen LogP contribution in [-0.4, -0.2) is 40.1 Å². The van der Waals surface area contributed by atoms with E-state index >= 15 is 0 Å². The van der Waals surface area contributed by atoms with E-state index in [1.54, 1.807) is 11.8 Å². The molecule has 3 rings (SSSR count). The fourth-order valence-corrected chi connectivity index (χ4v) is 4.47. The third kappa shape index (κ3) is 5.98. The number of aliphatic imine (C=N–C) groups is 1. The molecule has 29 heavy (non-hydrogen) atoms. The highest BCUT2D eigenvalue weighted by Gasteiger charge is 2.23. The molecular weight excluding hydrogens is 380 g/mol. The molecule has 158 valence electrons. The van der Waals surface area contributed by atoms with Crippen LogP contribution < -0.4 is 10.6 Å². The van der Waals surface area contributed by atoms with E-state index in [1.807, 2.05) is 0 Å². The Balaban J connectivity index is 1.53.